The molecule has 0 amide bonds. The van der Waals surface area contributed by atoms with Crippen LogP contribution in [0.2, 0.25) is 0 Å². The van der Waals surface area contributed by atoms with Gasteiger partial charge in [0.15, 0.2) is 0 Å². The molecule has 0 radical (unpaired) electrons. The average Bonchev–Trinajstić information content (AvgIpc) is 2.55. The Kier molecular flexibility index (Phi) is 19.1. The molecule has 3 N–H and O–H groups in total. The van der Waals surface area contributed by atoms with E-state index >= 15 is 0 Å². The van der Waals surface area contributed by atoms with Crippen LogP contribution in [0.3, 0.4) is 0 Å². The summed E-state index contributed by atoms with van der Waals surface area (Å²) in [6, 6.07) is 0. The van der Waals surface area contributed by atoms with Gasteiger partial charge in [0.25, 0.3) is 0 Å². The number of unbranched alkanes of at least 4 members (excludes halogenated alkanes) is 3. The molecule has 0 aromatic rings. The molecule has 0 aromatic carbocycles. The van der Waals surface area contributed by atoms with Crippen LogP contribution in [0.4, 0.5) is 0 Å². The first-order valence-electron chi connectivity index (χ1n) is 8.70. The number of ether oxygens (including phenoxy) is 2. The van der Waals surface area contributed by atoms with Crippen molar-refractivity contribution in [1.29, 1.82) is 0 Å². The maximum Gasteiger partial charge on any atom is 1.00 e. The third-order valence-corrected chi connectivity index (χ3v) is 4.59. The third-order valence-electron chi connectivity index (χ3n) is 4.13. The van der Waals surface area contributed by atoms with Gasteiger partial charge < -0.3 is 43.7 Å². The van der Waals surface area contributed by atoms with E-state index in [1.165, 1.54) is 6.42 Å². The molecule has 1 fully saturated rings. The first-order valence-corrected chi connectivity index (χ1v) is 10.2. The van der Waals surface area contributed by atoms with Crippen LogP contribution >= 0.6 is 7.82 Å². The Morgan fingerprint density at radius 3 is 2.11 bits per heavy atom. The Bertz CT molecular complexity index is 413. The SMILES string of the molecule is CCCCCCOCCCC1OC(COP(=O)([O-])[O-])C(O)C(O)C1O.[Na+].[Na+]. The minimum atomic E-state index is -5.21. The summed E-state index contributed by atoms with van der Waals surface area (Å²) >= 11 is 0. The van der Waals surface area contributed by atoms with Gasteiger partial charge in [0.2, 0.25) is 0 Å². The number of phosphoric ester groups is 1. The minimum Gasteiger partial charge on any atom is -0.790 e. The fourth-order valence-electron chi connectivity index (χ4n) is 2.69. The zero-order chi connectivity index (χ0) is 18.9. The second-order valence-corrected chi connectivity index (χ2v) is 7.40. The first kappa shape index (κ1) is 31.1. The predicted octanol–water partition coefficient (Wildman–Crippen LogP) is -6.93. The van der Waals surface area contributed by atoms with Gasteiger partial charge in [-0.05, 0) is 19.3 Å². The predicted molar refractivity (Wildman–Crippen MR) is 84.4 cm³/mol. The molecule has 1 rings (SSSR count). The summed E-state index contributed by atoms with van der Waals surface area (Å²) in [5.74, 6) is 0. The van der Waals surface area contributed by atoms with Crippen molar-refractivity contribution >= 4 is 7.82 Å². The van der Waals surface area contributed by atoms with E-state index in [0.717, 1.165) is 19.3 Å². The summed E-state index contributed by atoms with van der Waals surface area (Å²) in [7, 11) is -5.21. The molecule has 5 unspecified atom stereocenters. The molecule has 0 bridgehead atoms. The van der Waals surface area contributed by atoms with Crippen LogP contribution in [-0.2, 0) is 18.6 Å². The molecule has 9 nitrogen and oxygen atoms in total. The maximum atomic E-state index is 10.5. The summed E-state index contributed by atoms with van der Waals surface area (Å²) in [6.45, 7) is 2.55. The minimum absolute atomic E-state index is 0. The normalized spacial score (nSPS) is 28.3. The van der Waals surface area contributed by atoms with Crippen molar-refractivity contribution in [3.63, 3.8) is 0 Å². The largest absolute Gasteiger partial charge is 1.00 e. The fourth-order valence-corrected chi connectivity index (χ4v) is 3.02. The molecule has 0 spiro atoms. The number of aliphatic hydroxyl groups is 3. The van der Waals surface area contributed by atoms with E-state index in [4.69, 9.17) is 9.47 Å². The Balaban J connectivity index is 0. The Morgan fingerprint density at radius 1 is 0.926 bits per heavy atom. The van der Waals surface area contributed by atoms with E-state index in [0.29, 0.717) is 26.1 Å². The van der Waals surface area contributed by atoms with Gasteiger partial charge in [0.05, 0.1) is 20.5 Å². The molecule has 1 aliphatic heterocycles. The van der Waals surface area contributed by atoms with E-state index in [9.17, 15) is 29.7 Å². The van der Waals surface area contributed by atoms with Crippen molar-refractivity contribution in [3.05, 3.63) is 0 Å². The molecule has 1 heterocycles. The van der Waals surface area contributed by atoms with Gasteiger partial charge in [-0.2, -0.15) is 0 Å². The standard InChI is InChI=1S/C15H31O9P.2Na/c1-2-3-4-5-8-22-9-6-7-11-13(16)15(18)14(17)12(24-11)10-23-25(19,20)21;;/h11-18H,2-10H2,1H3,(H2,19,20,21);;/q;2*+1/p-2. The second-order valence-electron chi connectivity index (χ2n) is 6.24. The van der Waals surface area contributed by atoms with Gasteiger partial charge >= 0.3 is 59.1 Å². The fraction of sp³-hybridized carbons (Fsp3) is 1.00. The quantitative estimate of drug-likeness (QED) is 0.156. The molecule has 150 valence electrons. The molecule has 5 atom stereocenters. The molecule has 0 saturated carbocycles. The van der Waals surface area contributed by atoms with Crippen LogP contribution in [-0.4, -0.2) is 65.7 Å². The van der Waals surface area contributed by atoms with Crippen molar-refractivity contribution in [1.82, 2.24) is 0 Å². The van der Waals surface area contributed by atoms with Crippen molar-refractivity contribution in [3.8, 4) is 0 Å². The number of phosphoric acid groups is 1. The van der Waals surface area contributed by atoms with Gasteiger partial charge in [-0.25, -0.2) is 0 Å². The number of hydrogen-bond acceptors (Lipinski definition) is 9. The molecule has 1 aliphatic rings. The second kappa shape index (κ2) is 16.6. The zero-order valence-electron chi connectivity index (χ0n) is 16.5. The van der Waals surface area contributed by atoms with Gasteiger partial charge in [-0.15, -0.1) is 0 Å². The first-order chi connectivity index (χ1) is 11.8. The Hall–Kier alpha value is 1.91. The Morgan fingerprint density at radius 2 is 1.52 bits per heavy atom. The van der Waals surface area contributed by atoms with Crippen LogP contribution in [0.25, 0.3) is 0 Å². The average molecular weight is 430 g/mol. The van der Waals surface area contributed by atoms with Crippen LogP contribution in [0.15, 0.2) is 0 Å². The summed E-state index contributed by atoms with van der Waals surface area (Å²) in [4.78, 5) is 21.1. The molecular weight excluding hydrogens is 401 g/mol. The van der Waals surface area contributed by atoms with E-state index in [-0.39, 0.29) is 59.1 Å². The number of aliphatic hydroxyl groups excluding tert-OH is 3. The van der Waals surface area contributed by atoms with E-state index in [1.807, 2.05) is 0 Å². The molecule has 1 saturated heterocycles. The van der Waals surface area contributed by atoms with Crippen LogP contribution in [0, 0.1) is 0 Å². The summed E-state index contributed by atoms with van der Waals surface area (Å²) in [5.41, 5.74) is 0. The smallest absolute Gasteiger partial charge is 0.790 e. The van der Waals surface area contributed by atoms with E-state index in [1.54, 1.807) is 0 Å². The number of rotatable bonds is 12. The molecule has 12 heteroatoms. The monoisotopic (exact) mass is 430 g/mol. The Labute approximate surface area is 205 Å². The van der Waals surface area contributed by atoms with Crippen molar-refractivity contribution < 1.29 is 103 Å². The summed E-state index contributed by atoms with van der Waals surface area (Å²) in [5, 5.41) is 29.6. The van der Waals surface area contributed by atoms with Crippen LogP contribution in [0.5, 0.6) is 0 Å². The van der Waals surface area contributed by atoms with Gasteiger partial charge in [-0.1, -0.05) is 26.2 Å². The maximum absolute atomic E-state index is 10.5. The van der Waals surface area contributed by atoms with Crippen LogP contribution < -0.4 is 68.9 Å². The van der Waals surface area contributed by atoms with Crippen molar-refractivity contribution in [2.75, 3.05) is 19.8 Å². The molecule has 0 aliphatic carbocycles. The van der Waals surface area contributed by atoms with E-state index < -0.39 is 44.9 Å². The van der Waals surface area contributed by atoms with E-state index in [2.05, 4.69) is 11.4 Å². The summed E-state index contributed by atoms with van der Waals surface area (Å²) in [6.07, 6.45) is -1.05. The van der Waals surface area contributed by atoms with Crippen LogP contribution in [0.1, 0.15) is 45.4 Å². The third kappa shape index (κ3) is 13.0. The van der Waals surface area contributed by atoms with Gasteiger partial charge in [0.1, 0.15) is 24.4 Å². The molecular formula is C15H29Na2O9P. The molecule has 0 aromatic heterocycles. The molecule has 27 heavy (non-hydrogen) atoms. The van der Waals surface area contributed by atoms with Crippen molar-refractivity contribution in [2.24, 2.45) is 0 Å². The van der Waals surface area contributed by atoms with Gasteiger partial charge in [-0.3, -0.25) is 0 Å². The van der Waals surface area contributed by atoms with Crippen molar-refractivity contribution in [2.45, 2.75) is 76.0 Å². The number of hydrogen-bond donors (Lipinski definition) is 3. The topological polar surface area (TPSA) is 152 Å². The van der Waals surface area contributed by atoms with Gasteiger partial charge in [0, 0.05) is 13.2 Å². The zero-order valence-corrected chi connectivity index (χ0v) is 21.4. The summed E-state index contributed by atoms with van der Waals surface area (Å²) < 4.78 is 25.5.